The first-order valence-electron chi connectivity index (χ1n) is 8.66. The highest BCUT2D eigenvalue weighted by molar-refractivity contribution is 6.04. The molecule has 25 heavy (non-hydrogen) atoms. The Kier molecular flexibility index (Phi) is 4.62. The molecule has 2 aromatic rings. The Morgan fingerprint density at radius 2 is 1.52 bits per heavy atom. The van der Waals surface area contributed by atoms with Crippen LogP contribution in [0.3, 0.4) is 0 Å². The Bertz CT molecular complexity index is 784. The molecule has 0 heterocycles. The molecule has 0 aromatic heterocycles. The van der Waals surface area contributed by atoms with Crippen molar-refractivity contribution in [2.75, 3.05) is 10.6 Å². The molecular formula is C21H24N2O2. The van der Waals surface area contributed by atoms with E-state index in [1.54, 1.807) is 6.07 Å². The van der Waals surface area contributed by atoms with Crippen molar-refractivity contribution in [3.63, 3.8) is 0 Å². The molecule has 2 N–H and O–H groups in total. The van der Waals surface area contributed by atoms with Gasteiger partial charge in [0.15, 0.2) is 0 Å². The van der Waals surface area contributed by atoms with E-state index >= 15 is 0 Å². The minimum atomic E-state index is -0.161. The number of carbonyl (C=O) groups excluding carboxylic acids is 2. The molecule has 1 aliphatic carbocycles. The van der Waals surface area contributed by atoms with E-state index in [0.717, 1.165) is 12.8 Å². The van der Waals surface area contributed by atoms with Crippen LogP contribution < -0.4 is 10.6 Å². The second kappa shape index (κ2) is 6.71. The molecule has 4 heteroatoms. The molecule has 0 atom stereocenters. The summed E-state index contributed by atoms with van der Waals surface area (Å²) >= 11 is 0. The van der Waals surface area contributed by atoms with Crippen LogP contribution >= 0.6 is 0 Å². The van der Waals surface area contributed by atoms with Crippen LogP contribution in [0.4, 0.5) is 11.4 Å². The molecule has 3 rings (SSSR count). The van der Waals surface area contributed by atoms with Crippen LogP contribution in [0.25, 0.3) is 0 Å². The first-order valence-corrected chi connectivity index (χ1v) is 8.66. The minimum absolute atomic E-state index is 0.0567. The zero-order valence-electron chi connectivity index (χ0n) is 14.9. The maximum Gasteiger partial charge on any atom is 0.255 e. The van der Waals surface area contributed by atoms with Gasteiger partial charge in [0.1, 0.15) is 0 Å². The fourth-order valence-corrected chi connectivity index (χ4v) is 2.59. The molecule has 0 aliphatic heterocycles. The Morgan fingerprint density at radius 1 is 0.920 bits per heavy atom. The number of nitrogens with one attached hydrogen (secondary N) is 2. The van der Waals surface area contributed by atoms with Crippen LogP contribution in [-0.2, 0) is 10.2 Å². The van der Waals surface area contributed by atoms with Crippen molar-refractivity contribution >= 4 is 23.2 Å². The number of carbonyl (C=O) groups is 2. The average Bonchev–Trinajstić information content (AvgIpc) is 3.39. The summed E-state index contributed by atoms with van der Waals surface area (Å²) in [6, 6.07) is 14.9. The number of anilines is 2. The van der Waals surface area contributed by atoms with Gasteiger partial charge in [-0.3, -0.25) is 9.59 Å². The van der Waals surface area contributed by atoms with Gasteiger partial charge < -0.3 is 10.6 Å². The van der Waals surface area contributed by atoms with Crippen molar-refractivity contribution in [1.82, 2.24) is 0 Å². The molecule has 1 saturated carbocycles. The number of hydrogen-bond acceptors (Lipinski definition) is 2. The second-order valence-electron chi connectivity index (χ2n) is 7.63. The summed E-state index contributed by atoms with van der Waals surface area (Å²) in [7, 11) is 0. The van der Waals surface area contributed by atoms with Gasteiger partial charge in [0.05, 0.1) is 0 Å². The van der Waals surface area contributed by atoms with Crippen LogP contribution in [0.15, 0.2) is 48.5 Å². The Balaban J connectivity index is 1.67. The van der Waals surface area contributed by atoms with Gasteiger partial charge in [-0.05, 0) is 54.2 Å². The van der Waals surface area contributed by atoms with E-state index in [1.807, 2.05) is 42.5 Å². The predicted molar refractivity (Wildman–Crippen MR) is 101 cm³/mol. The summed E-state index contributed by atoms with van der Waals surface area (Å²) < 4.78 is 0. The largest absolute Gasteiger partial charge is 0.326 e. The van der Waals surface area contributed by atoms with Gasteiger partial charge >= 0.3 is 0 Å². The molecule has 0 spiro atoms. The summed E-state index contributed by atoms with van der Waals surface area (Å²) in [4.78, 5) is 24.3. The van der Waals surface area contributed by atoms with E-state index in [0.29, 0.717) is 16.9 Å². The van der Waals surface area contributed by atoms with Crippen molar-refractivity contribution in [3.8, 4) is 0 Å². The zero-order chi connectivity index (χ0) is 18.0. The summed E-state index contributed by atoms with van der Waals surface area (Å²) in [5.41, 5.74) is 3.23. The van der Waals surface area contributed by atoms with Gasteiger partial charge in [0.2, 0.25) is 5.91 Å². The lowest BCUT2D eigenvalue weighted by atomic mass is 9.87. The fourth-order valence-electron chi connectivity index (χ4n) is 2.59. The van der Waals surface area contributed by atoms with Crippen LogP contribution in [-0.4, -0.2) is 11.8 Å². The van der Waals surface area contributed by atoms with E-state index in [4.69, 9.17) is 0 Å². The molecule has 0 unspecified atom stereocenters. The van der Waals surface area contributed by atoms with E-state index < -0.39 is 0 Å². The molecule has 1 aliphatic rings. The van der Waals surface area contributed by atoms with Crippen molar-refractivity contribution in [1.29, 1.82) is 0 Å². The molecule has 2 amide bonds. The maximum atomic E-state index is 12.4. The third-order valence-electron chi connectivity index (χ3n) is 4.35. The molecular weight excluding hydrogens is 312 g/mol. The Hall–Kier alpha value is -2.62. The van der Waals surface area contributed by atoms with E-state index in [9.17, 15) is 9.59 Å². The molecule has 0 radical (unpaired) electrons. The topological polar surface area (TPSA) is 58.2 Å². The van der Waals surface area contributed by atoms with Crippen LogP contribution in [0, 0.1) is 5.92 Å². The van der Waals surface area contributed by atoms with Crippen LogP contribution in [0.2, 0.25) is 0 Å². The standard InChI is InChI=1S/C21H24N2O2/c1-21(2,3)16-11-9-15(10-12-16)20(25)23-18-6-4-5-17(13-18)22-19(24)14-7-8-14/h4-6,9-14H,7-8H2,1-3H3,(H,22,24)(H,23,25). The molecule has 2 aromatic carbocycles. The predicted octanol–water partition coefficient (Wildman–Crippen LogP) is 4.58. The Morgan fingerprint density at radius 3 is 2.08 bits per heavy atom. The second-order valence-corrected chi connectivity index (χ2v) is 7.63. The maximum absolute atomic E-state index is 12.4. The lowest BCUT2D eigenvalue weighted by Crippen LogP contribution is -2.15. The molecule has 1 fully saturated rings. The van der Waals surface area contributed by atoms with Crippen LogP contribution in [0.1, 0.15) is 49.5 Å². The molecule has 0 saturated heterocycles. The summed E-state index contributed by atoms with van der Waals surface area (Å²) in [5.74, 6) is 0.0481. The summed E-state index contributed by atoms with van der Waals surface area (Å²) in [5, 5.41) is 5.78. The van der Waals surface area contributed by atoms with Gasteiger partial charge in [0, 0.05) is 22.9 Å². The highest BCUT2D eigenvalue weighted by Crippen LogP contribution is 2.30. The highest BCUT2D eigenvalue weighted by atomic mass is 16.2. The average molecular weight is 336 g/mol. The lowest BCUT2D eigenvalue weighted by Gasteiger charge is -2.19. The number of benzene rings is 2. The van der Waals surface area contributed by atoms with Gasteiger partial charge in [-0.2, -0.15) is 0 Å². The van der Waals surface area contributed by atoms with E-state index in [1.165, 1.54) is 5.56 Å². The lowest BCUT2D eigenvalue weighted by molar-refractivity contribution is -0.117. The third kappa shape index (κ3) is 4.47. The Labute approximate surface area is 148 Å². The zero-order valence-corrected chi connectivity index (χ0v) is 14.9. The number of hydrogen-bond donors (Lipinski definition) is 2. The highest BCUT2D eigenvalue weighted by Gasteiger charge is 2.29. The summed E-state index contributed by atoms with van der Waals surface area (Å²) in [6.07, 6.45) is 1.93. The van der Waals surface area contributed by atoms with E-state index in [-0.39, 0.29) is 23.1 Å². The van der Waals surface area contributed by atoms with Crippen molar-refractivity contribution in [2.45, 2.75) is 39.0 Å². The summed E-state index contributed by atoms with van der Waals surface area (Å²) in [6.45, 7) is 6.43. The first-order chi connectivity index (χ1) is 11.8. The monoisotopic (exact) mass is 336 g/mol. The normalized spacial score (nSPS) is 14.0. The smallest absolute Gasteiger partial charge is 0.255 e. The molecule has 4 nitrogen and oxygen atoms in total. The van der Waals surface area contributed by atoms with Crippen molar-refractivity contribution < 1.29 is 9.59 Å². The van der Waals surface area contributed by atoms with Gasteiger partial charge in [-0.15, -0.1) is 0 Å². The van der Waals surface area contributed by atoms with Crippen LogP contribution in [0.5, 0.6) is 0 Å². The van der Waals surface area contributed by atoms with E-state index in [2.05, 4.69) is 31.4 Å². The first kappa shape index (κ1) is 17.2. The van der Waals surface area contributed by atoms with Gasteiger partial charge in [-0.1, -0.05) is 39.0 Å². The molecule has 130 valence electrons. The van der Waals surface area contributed by atoms with Crippen molar-refractivity contribution in [2.24, 2.45) is 5.92 Å². The number of amides is 2. The fraction of sp³-hybridized carbons (Fsp3) is 0.333. The SMILES string of the molecule is CC(C)(C)c1ccc(C(=O)Nc2cccc(NC(=O)C3CC3)c2)cc1. The quantitative estimate of drug-likeness (QED) is 0.858. The minimum Gasteiger partial charge on any atom is -0.326 e. The molecule has 0 bridgehead atoms. The van der Waals surface area contributed by atoms with Gasteiger partial charge in [-0.25, -0.2) is 0 Å². The third-order valence-corrected chi connectivity index (χ3v) is 4.35. The van der Waals surface area contributed by atoms with Crippen molar-refractivity contribution in [3.05, 3.63) is 59.7 Å². The number of rotatable bonds is 4. The van der Waals surface area contributed by atoms with Gasteiger partial charge in [0.25, 0.3) is 5.91 Å².